The molecule has 2 unspecified atom stereocenters. The first-order valence-corrected chi connectivity index (χ1v) is 6.74. The number of carboxylic acids is 1. The highest BCUT2D eigenvalue weighted by molar-refractivity contribution is 5.95. The van der Waals surface area contributed by atoms with Crippen LogP contribution in [-0.4, -0.2) is 42.3 Å². The lowest BCUT2D eigenvalue weighted by atomic mass is 9.95. The molecule has 0 bridgehead atoms. The maximum atomic E-state index is 11.3. The SMILES string of the molecule is COC1CN(c2cccc(C(=O)O)c2[N+](=O)[O-])CCC1C. The summed E-state index contributed by atoms with van der Waals surface area (Å²) in [6.07, 6.45) is 0.819. The number of carbonyl (C=O) groups is 1. The number of para-hydroxylation sites is 1. The number of benzene rings is 1. The quantitative estimate of drug-likeness (QED) is 0.675. The van der Waals surface area contributed by atoms with Gasteiger partial charge < -0.3 is 14.7 Å². The first-order chi connectivity index (χ1) is 9.95. The Morgan fingerprint density at radius 1 is 1.52 bits per heavy atom. The predicted molar refractivity (Wildman–Crippen MR) is 76.8 cm³/mol. The smallest absolute Gasteiger partial charge is 0.342 e. The van der Waals surface area contributed by atoms with Crippen LogP contribution in [0.4, 0.5) is 11.4 Å². The summed E-state index contributed by atoms with van der Waals surface area (Å²) in [5.41, 5.74) is -0.298. The van der Waals surface area contributed by atoms with E-state index in [9.17, 15) is 14.9 Å². The van der Waals surface area contributed by atoms with E-state index in [1.54, 1.807) is 13.2 Å². The average Bonchev–Trinajstić information content (AvgIpc) is 2.46. The molecule has 0 spiro atoms. The van der Waals surface area contributed by atoms with E-state index in [-0.39, 0.29) is 17.4 Å². The molecule has 21 heavy (non-hydrogen) atoms. The number of anilines is 1. The number of piperidine rings is 1. The molecular weight excluding hydrogens is 276 g/mol. The molecule has 1 fully saturated rings. The van der Waals surface area contributed by atoms with Gasteiger partial charge in [-0.25, -0.2) is 4.79 Å². The molecule has 0 aliphatic carbocycles. The number of hydrogen-bond acceptors (Lipinski definition) is 5. The Morgan fingerprint density at radius 2 is 2.24 bits per heavy atom. The highest BCUT2D eigenvalue weighted by Crippen LogP contribution is 2.34. The third-order valence-electron chi connectivity index (χ3n) is 3.96. The summed E-state index contributed by atoms with van der Waals surface area (Å²) in [7, 11) is 1.62. The standard InChI is InChI=1S/C14H18N2O5/c1-9-6-7-15(8-12(9)21-2)11-5-3-4-10(14(17)18)13(11)16(19)20/h3-5,9,12H,6-8H2,1-2H3,(H,17,18). The van der Waals surface area contributed by atoms with Crippen LogP contribution in [0.5, 0.6) is 0 Å². The average molecular weight is 294 g/mol. The second kappa shape index (κ2) is 6.09. The van der Waals surface area contributed by atoms with Crippen LogP contribution in [0.3, 0.4) is 0 Å². The summed E-state index contributed by atoms with van der Waals surface area (Å²) in [4.78, 5) is 23.7. The van der Waals surface area contributed by atoms with Crippen molar-refractivity contribution in [3.05, 3.63) is 33.9 Å². The van der Waals surface area contributed by atoms with Crippen molar-refractivity contribution in [2.45, 2.75) is 19.4 Å². The third kappa shape index (κ3) is 2.97. The molecule has 114 valence electrons. The van der Waals surface area contributed by atoms with Gasteiger partial charge in [0.05, 0.1) is 11.0 Å². The molecule has 1 aromatic carbocycles. The summed E-state index contributed by atoms with van der Waals surface area (Å²) in [5, 5.41) is 20.4. The van der Waals surface area contributed by atoms with Gasteiger partial charge in [-0.15, -0.1) is 0 Å². The normalized spacial score (nSPS) is 22.1. The number of ether oxygens (including phenoxy) is 1. The molecule has 7 heteroatoms. The Hall–Kier alpha value is -2.15. The van der Waals surface area contributed by atoms with Crippen LogP contribution < -0.4 is 4.90 Å². The minimum Gasteiger partial charge on any atom is -0.477 e. The van der Waals surface area contributed by atoms with E-state index in [1.165, 1.54) is 12.1 Å². The second-order valence-electron chi connectivity index (χ2n) is 5.22. The molecule has 0 amide bonds. The van der Waals surface area contributed by atoms with Crippen LogP contribution >= 0.6 is 0 Å². The van der Waals surface area contributed by atoms with Gasteiger partial charge in [0.15, 0.2) is 0 Å². The summed E-state index contributed by atoms with van der Waals surface area (Å²) in [6, 6.07) is 4.38. The van der Waals surface area contributed by atoms with Crippen LogP contribution in [0.1, 0.15) is 23.7 Å². The zero-order valence-corrected chi connectivity index (χ0v) is 12.0. The Labute approximate surface area is 122 Å². The van der Waals surface area contributed by atoms with Crippen molar-refractivity contribution in [3.8, 4) is 0 Å². The summed E-state index contributed by atoms with van der Waals surface area (Å²) in [5.74, 6) is -0.926. The van der Waals surface area contributed by atoms with Crippen LogP contribution in [0.2, 0.25) is 0 Å². The molecular formula is C14H18N2O5. The fraction of sp³-hybridized carbons (Fsp3) is 0.500. The largest absolute Gasteiger partial charge is 0.477 e. The minimum absolute atomic E-state index is 0.0214. The van der Waals surface area contributed by atoms with E-state index in [0.29, 0.717) is 24.7 Å². The monoisotopic (exact) mass is 294 g/mol. The number of aromatic carboxylic acids is 1. The molecule has 1 aromatic rings. The molecule has 0 radical (unpaired) electrons. The number of nitro groups is 1. The van der Waals surface area contributed by atoms with E-state index in [1.807, 2.05) is 4.90 Å². The van der Waals surface area contributed by atoms with Crippen molar-refractivity contribution in [3.63, 3.8) is 0 Å². The summed E-state index contributed by atoms with van der Waals surface area (Å²) in [6.45, 7) is 3.24. The fourth-order valence-corrected chi connectivity index (χ4v) is 2.71. The van der Waals surface area contributed by atoms with Crippen LogP contribution in [0, 0.1) is 16.0 Å². The zero-order chi connectivity index (χ0) is 15.6. The van der Waals surface area contributed by atoms with Crippen molar-refractivity contribution >= 4 is 17.3 Å². The lowest BCUT2D eigenvalue weighted by Crippen LogP contribution is -2.44. The van der Waals surface area contributed by atoms with Gasteiger partial charge in [0.25, 0.3) is 0 Å². The molecule has 1 heterocycles. The van der Waals surface area contributed by atoms with Crippen molar-refractivity contribution in [1.29, 1.82) is 0 Å². The second-order valence-corrected chi connectivity index (χ2v) is 5.22. The minimum atomic E-state index is -1.29. The van der Waals surface area contributed by atoms with Gasteiger partial charge in [0, 0.05) is 20.2 Å². The molecule has 1 aliphatic rings. The van der Waals surface area contributed by atoms with Crippen LogP contribution in [0.25, 0.3) is 0 Å². The Balaban J connectivity index is 2.42. The van der Waals surface area contributed by atoms with Gasteiger partial charge in [-0.2, -0.15) is 0 Å². The van der Waals surface area contributed by atoms with Gasteiger partial charge in [-0.1, -0.05) is 13.0 Å². The van der Waals surface area contributed by atoms with Crippen LogP contribution in [-0.2, 0) is 4.74 Å². The molecule has 0 saturated carbocycles. The van der Waals surface area contributed by atoms with Crippen molar-refractivity contribution in [2.75, 3.05) is 25.1 Å². The highest BCUT2D eigenvalue weighted by atomic mass is 16.6. The Kier molecular flexibility index (Phi) is 4.42. The molecule has 1 saturated heterocycles. The van der Waals surface area contributed by atoms with Gasteiger partial charge in [0.1, 0.15) is 11.3 Å². The summed E-state index contributed by atoms with van der Waals surface area (Å²) < 4.78 is 5.41. The van der Waals surface area contributed by atoms with Crippen molar-refractivity contribution in [1.82, 2.24) is 0 Å². The van der Waals surface area contributed by atoms with Crippen molar-refractivity contribution in [2.24, 2.45) is 5.92 Å². The van der Waals surface area contributed by atoms with E-state index in [4.69, 9.17) is 9.84 Å². The van der Waals surface area contributed by atoms with E-state index in [2.05, 4.69) is 6.92 Å². The third-order valence-corrected chi connectivity index (χ3v) is 3.96. The maximum absolute atomic E-state index is 11.3. The van der Waals surface area contributed by atoms with Gasteiger partial charge in [-0.3, -0.25) is 10.1 Å². The predicted octanol–water partition coefficient (Wildman–Crippen LogP) is 2.15. The highest BCUT2D eigenvalue weighted by Gasteiger charge is 2.32. The maximum Gasteiger partial charge on any atom is 0.342 e. The van der Waals surface area contributed by atoms with E-state index in [0.717, 1.165) is 6.42 Å². The molecule has 2 rings (SSSR count). The van der Waals surface area contributed by atoms with Gasteiger partial charge in [-0.05, 0) is 24.5 Å². The molecule has 1 N–H and O–H groups in total. The Morgan fingerprint density at radius 3 is 2.81 bits per heavy atom. The first-order valence-electron chi connectivity index (χ1n) is 6.74. The van der Waals surface area contributed by atoms with Crippen LogP contribution in [0.15, 0.2) is 18.2 Å². The van der Waals surface area contributed by atoms with Gasteiger partial charge >= 0.3 is 11.7 Å². The number of methoxy groups -OCH3 is 1. The zero-order valence-electron chi connectivity index (χ0n) is 12.0. The molecule has 2 atom stereocenters. The van der Waals surface area contributed by atoms with Gasteiger partial charge in [0.2, 0.25) is 0 Å². The first kappa shape index (κ1) is 15.2. The fourth-order valence-electron chi connectivity index (χ4n) is 2.71. The number of nitrogens with zero attached hydrogens (tertiary/aromatic N) is 2. The Bertz CT molecular complexity index is 560. The van der Waals surface area contributed by atoms with E-state index >= 15 is 0 Å². The number of carboxylic acid groups (broad SMARTS) is 1. The molecule has 1 aliphatic heterocycles. The number of hydrogen-bond donors (Lipinski definition) is 1. The lowest BCUT2D eigenvalue weighted by molar-refractivity contribution is -0.384. The topological polar surface area (TPSA) is 92.9 Å². The van der Waals surface area contributed by atoms with Crippen molar-refractivity contribution < 1.29 is 19.6 Å². The lowest BCUT2D eigenvalue weighted by Gasteiger charge is -2.37. The van der Waals surface area contributed by atoms with E-state index < -0.39 is 10.9 Å². The number of nitro benzene ring substituents is 1. The molecule has 0 aromatic heterocycles. The molecule has 7 nitrogen and oxygen atoms in total. The summed E-state index contributed by atoms with van der Waals surface area (Å²) >= 11 is 0. The number of rotatable bonds is 4.